The van der Waals surface area contributed by atoms with Crippen molar-refractivity contribution < 1.29 is 4.79 Å². The van der Waals surface area contributed by atoms with E-state index >= 15 is 0 Å². The summed E-state index contributed by atoms with van der Waals surface area (Å²) in [4.78, 5) is 13.1. The van der Waals surface area contributed by atoms with Gasteiger partial charge in [0.2, 0.25) is 5.91 Å². The van der Waals surface area contributed by atoms with E-state index in [4.69, 9.17) is 0 Å². The normalized spacial score (nSPS) is 17.4. The Kier molecular flexibility index (Phi) is 4.14. The molecule has 1 saturated heterocycles. The van der Waals surface area contributed by atoms with Crippen molar-refractivity contribution in [3.8, 4) is 0 Å². The van der Waals surface area contributed by atoms with Gasteiger partial charge >= 0.3 is 0 Å². The van der Waals surface area contributed by atoms with Gasteiger partial charge in [0.15, 0.2) is 0 Å². The lowest BCUT2D eigenvalue weighted by molar-refractivity contribution is -0.129. The first-order chi connectivity index (χ1) is 8.25. The van der Waals surface area contributed by atoms with Gasteiger partial charge in [-0.25, -0.2) is 0 Å². The Morgan fingerprint density at radius 1 is 1.47 bits per heavy atom. The maximum Gasteiger partial charge on any atom is 0.219 e. The molecule has 2 rings (SSSR count). The summed E-state index contributed by atoms with van der Waals surface area (Å²) < 4.78 is 1.93. The van der Waals surface area contributed by atoms with Crippen molar-refractivity contribution in [3.63, 3.8) is 0 Å². The van der Waals surface area contributed by atoms with E-state index in [1.165, 1.54) is 0 Å². The number of nitrogens with one attached hydrogen (secondary N) is 1. The molecule has 0 saturated carbocycles. The summed E-state index contributed by atoms with van der Waals surface area (Å²) in [5.74, 6) is 0.194. The van der Waals surface area contributed by atoms with Crippen LogP contribution in [0.25, 0.3) is 0 Å². The number of rotatable bonds is 4. The van der Waals surface area contributed by atoms with E-state index < -0.39 is 0 Å². The van der Waals surface area contributed by atoms with Crippen LogP contribution in [0.15, 0.2) is 18.5 Å². The zero-order valence-electron chi connectivity index (χ0n) is 10.3. The van der Waals surface area contributed by atoms with Crippen LogP contribution in [0.4, 0.5) is 0 Å². The van der Waals surface area contributed by atoms with Crippen LogP contribution in [0.5, 0.6) is 0 Å². The molecule has 1 aliphatic heterocycles. The minimum absolute atomic E-state index is 0.194. The molecule has 0 unspecified atom stereocenters. The predicted octanol–water partition coefficient (Wildman–Crippen LogP) is 0.484. The van der Waals surface area contributed by atoms with Crippen molar-refractivity contribution in [1.82, 2.24) is 20.0 Å². The highest BCUT2D eigenvalue weighted by molar-refractivity contribution is 5.73. The Bertz CT molecular complexity index is 341. The van der Waals surface area contributed by atoms with Crippen molar-refractivity contribution in [1.29, 1.82) is 0 Å². The number of hydrogen-bond acceptors (Lipinski definition) is 3. The van der Waals surface area contributed by atoms with E-state index in [2.05, 4.69) is 10.4 Å². The fraction of sp³-hybridized carbons (Fsp3) is 0.667. The predicted molar refractivity (Wildman–Crippen MR) is 65.5 cm³/mol. The third-order valence-corrected chi connectivity index (χ3v) is 3.27. The molecule has 1 aromatic rings. The highest BCUT2D eigenvalue weighted by Gasteiger charge is 2.19. The molecule has 0 radical (unpaired) electrons. The zero-order chi connectivity index (χ0) is 12.1. The number of nitrogens with zero attached hydrogens (tertiary/aromatic N) is 3. The van der Waals surface area contributed by atoms with Crippen LogP contribution in [0.2, 0.25) is 0 Å². The van der Waals surface area contributed by atoms with Crippen LogP contribution in [0.3, 0.4) is 0 Å². The lowest BCUT2D eigenvalue weighted by atomic mass is 10.1. The number of piperidine rings is 1. The third-order valence-electron chi connectivity index (χ3n) is 3.27. The van der Waals surface area contributed by atoms with Gasteiger partial charge in [-0.05, 0) is 18.9 Å². The summed E-state index contributed by atoms with van der Waals surface area (Å²) in [6.45, 7) is 5.25. The van der Waals surface area contributed by atoms with Crippen molar-refractivity contribution in [2.75, 3.05) is 19.6 Å². The molecule has 0 aliphatic carbocycles. The van der Waals surface area contributed by atoms with Gasteiger partial charge in [-0.1, -0.05) is 0 Å². The first kappa shape index (κ1) is 12.1. The monoisotopic (exact) mass is 236 g/mol. The second-order valence-electron chi connectivity index (χ2n) is 4.50. The molecule has 5 heteroatoms. The standard InChI is InChI=1S/C12H20N4O/c1-11(17)15-8-3-12(4-9-15)13-6-10-16-7-2-5-14-16/h2,5,7,12-13H,3-4,6,8-10H2,1H3. The van der Waals surface area contributed by atoms with Gasteiger partial charge in [-0.15, -0.1) is 0 Å². The highest BCUT2D eigenvalue weighted by Crippen LogP contribution is 2.09. The van der Waals surface area contributed by atoms with E-state index in [9.17, 15) is 4.79 Å². The Labute approximate surface area is 102 Å². The Hall–Kier alpha value is -1.36. The summed E-state index contributed by atoms with van der Waals surface area (Å²) in [5, 5.41) is 7.68. The zero-order valence-corrected chi connectivity index (χ0v) is 10.3. The van der Waals surface area contributed by atoms with Crippen LogP contribution in [-0.2, 0) is 11.3 Å². The summed E-state index contributed by atoms with van der Waals surface area (Å²) in [5.41, 5.74) is 0. The molecule has 5 nitrogen and oxygen atoms in total. The lowest BCUT2D eigenvalue weighted by Gasteiger charge is -2.31. The van der Waals surface area contributed by atoms with Gasteiger partial charge in [0.1, 0.15) is 0 Å². The average Bonchev–Trinajstić information content (AvgIpc) is 2.83. The molecular weight excluding hydrogens is 216 g/mol. The molecule has 1 aliphatic rings. The van der Waals surface area contributed by atoms with Crippen LogP contribution in [0, 0.1) is 0 Å². The van der Waals surface area contributed by atoms with Gasteiger partial charge < -0.3 is 10.2 Å². The topological polar surface area (TPSA) is 50.2 Å². The van der Waals surface area contributed by atoms with Gasteiger partial charge in [-0.2, -0.15) is 5.10 Å². The number of carbonyl (C=O) groups is 1. The fourth-order valence-electron chi connectivity index (χ4n) is 2.21. The molecule has 17 heavy (non-hydrogen) atoms. The van der Waals surface area contributed by atoms with E-state index in [-0.39, 0.29) is 5.91 Å². The molecular formula is C12H20N4O. The average molecular weight is 236 g/mol. The van der Waals surface area contributed by atoms with Crippen molar-refractivity contribution in [2.45, 2.75) is 32.4 Å². The van der Waals surface area contributed by atoms with Crippen LogP contribution < -0.4 is 5.32 Å². The lowest BCUT2D eigenvalue weighted by Crippen LogP contribution is -2.44. The van der Waals surface area contributed by atoms with Crippen LogP contribution in [-0.4, -0.2) is 46.3 Å². The van der Waals surface area contributed by atoms with Crippen LogP contribution >= 0.6 is 0 Å². The Morgan fingerprint density at radius 2 is 2.24 bits per heavy atom. The summed E-state index contributed by atoms with van der Waals surface area (Å²) in [6, 6.07) is 2.48. The number of amides is 1. The Morgan fingerprint density at radius 3 is 2.82 bits per heavy atom. The van der Waals surface area contributed by atoms with E-state index in [1.54, 1.807) is 13.1 Å². The highest BCUT2D eigenvalue weighted by atomic mass is 16.2. The molecule has 0 spiro atoms. The smallest absolute Gasteiger partial charge is 0.219 e. The van der Waals surface area contributed by atoms with Crippen LogP contribution in [0.1, 0.15) is 19.8 Å². The van der Waals surface area contributed by atoms with Gasteiger partial charge in [0.25, 0.3) is 0 Å². The summed E-state index contributed by atoms with van der Waals surface area (Å²) in [7, 11) is 0. The first-order valence-corrected chi connectivity index (χ1v) is 6.22. The summed E-state index contributed by atoms with van der Waals surface area (Å²) in [6.07, 6.45) is 5.88. The number of likely N-dealkylation sites (tertiary alicyclic amines) is 1. The molecule has 0 atom stereocenters. The molecule has 1 amide bonds. The molecule has 1 fully saturated rings. The van der Waals surface area contributed by atoms with Crippen molar-refractivity contribution >= 4 is 5.91 Å². The van der Waals surface area contributed by atoms with E-state index in [1.807, 2.05) is 21.8 Å². The van der Waals surface area contributed by atoms with Crippen molar-refractivity contribution in [2.24, 2.45) is 0 Å². The maximum atomic E-state index is 11.2. The number of hydrogen-bond donors (Lipinski definition) is 1. The quantitative estimate of drug-likeness (QED) is 0.827. The molecule has 1 N–H and O–H groups in total. The maximum absolute atomic E-state index is 11.2. The first-order valence-electron chi connectivity index (χ1n) is 6.22. The second kappa shape index (κ2) is 5.82. The fourth-order valence-corrected chi connectivity index (χ4v) is 2.21. The molecule has 94 valence electrons. The minimum atomic E-state index is 0.194. The van der Waals surface area contributed by atoms with E-state index in [0.29, 0.717) is 6.04 Å². The number of aromatic nitrogens is 2. The molecule has 0 aromatic carbocycles. The summed E-state index contributed by atoms with van der Waals surface area (Å²) >= 11 is 0. The largest absolute Gasteiger partial charge is 0.343 e. The SMILES string of the molecule is CC(=O)N1CCC(NCCn2cccn2)CC1. The number of carbonyl (C=O) groups excluding carboxylic acids is 1. The van der Waals surface area contributed by atoms with Crippen molar-refractivity contribution in [3.05, 3.63) is 18.5 Å². The molecule has 1 aromatic heterocycles. The molecule has 0 bridgehead atoms. The minimum Gasteiger partial charge on any atom is -0.343 e. The Balaban J connectivity index is 1.63. The second-order valence-corrected chi connectivity index (χ2v) is 4.50. The van der Waals surface area contributed by atoms with Gasteiger partial charge in [-0.3, -0.25) is 9.48 Å². The van der Waals surface area contributed by atoms with E-state index in [0.717, 1.165) is 39.0 Å². The molecule has 2 heterocycles. The van der Waals surface area contributed by atoms with Gasteiger partial charge in [0.05, 0.1) is 6.54 Å². The third kappa shape index (κ3) is 3.56. The van der Waals surface area contributed by atoms with Gasteiger partial charge in [0, 0.05) is 45.0 Å².